The number of carbonyl (C=O) groups is 1. The van der Waals surface area contributed by atoms with E-state index in [0.717, 1.165) is 15.6 Å². The number of halogens is 1. The van der Waals surface area contributed by atoms with Crippen LogP contribution in [-0.2, 0) is 4.79 Å². The lowest BCUT2D eigenvalue weighted by molar-refractivity contribution is -0.118. The molecule has 0 aliphatic heterocycles. The number of rotatable bonds is 4. The van der Waals surface area contributed by atoms with E-state index in [4.69, 9.17) is 0 Å². The third-order valence-corrected chi connectivity index (χ3v) is 3.98. The Labute approximate surface area is 134 Å². The fraction of sp³-hybridized carbons (Fsp3) is 0.167. The summed E-state index contributed by atoms with van der Waals surface area (Å²) in [6.07, 6.45) is 2.02. The molecule has 0 aliphatic rings. The molecule has 1 amide bonds. The quantitative estimate of drug-likeness (QED) is 0.859. The Hall–Kier alpha value is -1.87. The van der Waals surface area contributed by atoms with Gasteiger partial charge >= 0.3 is 0 Å². The van der Waals surface area contributed by atoms with Gasteiger partial charge in [0.05, 0.1) is 0 Å². The minimum Gasteiger partial charge on any atom is -0.353 e. The van der Waals surface area contributed by atoms with Crippen LogP contribution in [0.25, 0.3) is 16.7 Å². The van der Waals surface area contributed by atoms with Gasteiger partial charge in [-0.25, -0.2) is 0 Å². The molecule has 2 nitrogen and oxygen atoms in total. The van der Waals surface area contributed by atoms with Crippen LogP contribution >= 0.6 is 15.9 Å². The maximum absolute atomic E-state index is 10.9. The SMILES string of the molecule is CC(=O)NCC=C(C)c1ccc(-c2ccccc2Br)cc1. The molecular formula is C18H18BrNO. The summed E-state index contributed by atoms with van der Waals surface area (Å²) in [4.78, 5) is 10.9. The fourth-order valence-corrected chi connectivity index (χ4v) is 2.59. The number of allylic oxidation sites excluding steroid dienone is 1. The summed E-state index contributed by atoms with van der Waals surface area (Å²) in [7, 11) is 0. The van der Waals surface area contributed by atoms with Crippen LogP contribution in [-0.4, -0.2) is 12.5 Å². The van der Waals surface area contributed by atoms with Gasteiger partial charge in [0.2, 0.25) is 5.91 Å². The van der Waals surface area contributed by atoms with E-state index in [2.05, 4.69) is 58.5 Å². The third kappa shape index (κ3) is 4.30. The van der Waals surface area contributed by atoms with Crippen LogP contribution in [0.5, 0.6) is 0 Å². The van der Waals surface area contributed by atoms with Crippen LogP contribution in [0.4, 0.5) is 0 Å². The van der Waals surface area contributed by atoms with Gasteiger partial charge in [0.1, 0.15) is 0 Å². The molecule has 0 aliphatic carbocycles. The average molecular weight is 344 g/mol. The molecule has 0 unspecified atom stereocenters. The molecule has 21 heavy (non-hydrogen) atoms. The highest BCUT2D eigenvalue weighted by Gasteiger charge is 2.02. The summed E-state index contributed by atoms with van der Waals surface area (Å²) < 4.78 is 1.09. The third-order valence-electron chi connectivity index (χ3n) is 3.28. The Bertz CT molecular complexity index is 659. The topological polar surface area (TPSA) is 29.1 Å². The van der Waals surface area contributed by atoms with E-state index in [1.807, 2.05) is 24.3 Å². The zero-order valence-electron chi connectivity index (χ0n) is 12.2. The number of nitrogens with one attached hydrogen (secondary N) is 1. The number of benzene rings is 2. The predicted octanol–water partition coefficient (Wildman–Crippen LogP) is 4.66. The van der Waals surface area contributed by atoms with Gasteiger partial charge in [-0.3, -0.25) is 4.79 Å². The van der Waals surface area contributed by atoms with Crippen molar-refractivity contribution in [2.75, 3.05) is 6.54 Å². The second-order valence-electron chi connectivity index (χ2n) is 4.88. The smallest absolute Gasteiger partial charge is 0.217 e. The molecule has 2 rings (SSSR count). The standard InChI is InChI=1S/C18H18BrNO/c1-13(11-12-20-14(2)21)15-7-9-16(10-8-15)17-5-3-4-6-18(17)19/h3-11H,12H2,1-2H3,(H,20,21). The first-order valence-electron chi connectivity index (χ1n) is 6.84. The van der Waals surface area contributed by atoms with Crippen molar-refractivity contribution < 1.29 is 4.79 Å². The van der Waals surface area contributed by atoms with Crippen molar-refractivity contribution in [2.24, 2.45) is 0 Å². The Morgan fingerprint density at radius 3 is 2.38 bits per heavy atom. The minimum absolute atomic E-state index is 0.0108. The molecule has 1 N–H and O–H groups in total. The Morgan fingerprint density at radius 2 is 1.76 bits per heavy atom. The van der Waals surface area contributed by atoms with E-state index >= 15 is 0 Å². The van der Waals surface area contributed by atoms with Crippen LogP contribution in [0.1, 0.15) is 19.4 Å². The Kier molecular flexibility index (Phi) is 5.34. The Balaban J connectivity index is 2.16. The average Bonchev–Trinajstić information content (AvgIpc) is 2.47. The van der Waals surface area contributed by atoms with E-state index in [9.17, 15) is 4.79 Å². The van der Waals surface area contributed by atoms with E-state index in [0.29, 0.717) is 6.54 Å². The van der Waals surface area contributed by atoms with Crippen molar-refractivity contribution >= 4 is 27.4 Å². The van der Waals surface area contributed by atoms with Crippen molar-refractivity contribution in [3.8, 4) is 11.1 Å². The lowest BCUT2D eigenvalue weighted by Crippen LogP contribution is -2.19. The molecule has 0 atom stereocenters. The molecule has 0 aromatic heterocycles. The summed E-state index contributed by atoms with van der Waals surface area (Å²) in [5, 5.41) is 2.77. The van der Waals surface area contributed by atoms with Crippen molar-refractivity contribution in [1.29, 1.82) is 0 Å². The maximum Gasteiger partial charge on any atom is 0.217 e. The first kappa shape index (κ1) is 15.5. The largest absolute Gasteiger partial charge is 0.353 e. The first-order chi connectivity index (χ1) is 10.1. The molecule has 0 radical (unpaired) electrons. The molecular weight excluding hydrogens is 326 g/mol. The molecule has 108 valence electrons. The van der Waals surface area contributed by atoms with Gasteiger partial charge in [0.25, 0.3) is 0 Å². The van der Waals surface area contributed by atoms with Crippen LogP contribution in [0.2, 0.25) is 0 Å². The van der Waals surface area contributed by atoms with Gasteiger partial charge in [0, 0.05) is 17.9 Å². The van der Waals surface area contributed by atoms with Gasteiger partial charge < -0.3 is 5.32 Å². The van der Waals surface area contributed by atoms with Gasteiger partial charge in [-0.1, -0.05) is 64.5 Å². The minimum atomic E-state index is -0.0108. The van der Waals surface area contributed by atoms with E-state index in [-0.39, 0.29) is 5.91 Å². The second kappa shape index (κ2) is 7.23. The van der Waals surface area contributed by atoms with E-state index < -0.39 is 0 Å². The zero-order chi connectivity index (χ0) is 15.2. The summed E-state index contributed by atoms with van der Waals surface area (Å²) in [5.74, 6) is -0.0108. The summed E-state index contributed by atoms with van der Waals surface area (Å²) in [5.41, 5.74) is 4.68. The molecule has 0 fully saturated rings. The predicted molar refractivity (Wildman–Crippen MR) is 91.9 cm³/mol. The molecule has 0 bridgehead atoms. The van der Waals surface area contributed by atoms with Crippen LogP contribution < -0.4 is 5.32 Å². The summed E-state index contributed by atoms with van der Waals surface area (Å²) in [6, 6.07) is 16.6. The van der Waals surface area contributed by atoms with E-state index in [1.165, 1.54) is 18.1 Å². The Morgan fingerprint density at radius 1 is 1.10 bits per heavy atom. The molecule has 2 aromatic carbocycles. The maximum atomic E-state index is 10.9. The molecule has 2 aromatic rings. The van der Waals surface area contributed by atoms with Crippen molar-refractivity contribution in [1.82, 2.24) is 5.32 Å². The first-order valence-corrected chi connectivity index (χ1v) is 7.64. The van der Waals surface area contributed by atoms with Gasteiger partial charge in [-0.2, -0.15) is 0 Å². The summed E-state index contributed by atoms with van der Waals surface area (Å²) >= 11 is 3.58. The van der Waals surface area contributed by atoms with Gasteiger partial charge in [0.15, 0.2) is 0 Å². The summed E-state index contributed by atoms with van der Waals surface area (Å²) in [6.45, 7) is 4.14. The molecule has 0 heterocycles. The normalized spacial score (nSPS) is 11.3. The van der Waals surface area contributed by atoms with Crippen molar-refractivity contribution in [3.63, 3.8) is 0 Å². The molecule has 0 saturated heterocycles. The highest BCUT2D eigenvalue weighted by atomic mass is 79.9. The molecule has 0 spiro atoms. The lowest BCUT2D eigenvalue weighted by Gasteiger charge is -2.07. The monoisotopic (exact) mass is 343 g/mol. The number of carbonyl (C=O) groups excluding carboxylic acids is 1. The van der Waals surface area contributed by atoms with Gasteiger partial charge in [-0.05, 0) is 35.3 Å². The van der Waals surface area contributed by atoms with Crippen LogP contribution in [0, 0.1) is 0 Å². The fourth-order valence-electron chi connectivity index (χ4n) is 2.07. The number of hydrogen-bond acceptors (Lipinski definition) is 1. The highest BCUT2D eigenvalue weighted by molar-refractivity contribution is 9.10. The van der Waals surface area contributed by atoms with Crippen molar-refractivity contribution in [3.05, 3.63) is 64.6 Å². The zero-order valence-corrected chi connectivity index (χ0v) is 13.8. The van der Waals surface area contributed by atoms with Crippen molar-refractivity contribution in [2.45, 2.75) is 13.8 Å². The van der Waals surface area contributed by atoms with Crippen LogP contribution in [0.15, 0.2) is 59.1 Å². The van der Waals surface area contributed by atoms with Gasteiger partial charge in [-0.15, -0.1) is 0 Å². The second-order valence-corrected chi connectivity index (χ2v) is 5.74. The highest BCUT2D eigenvalue weighted by Crippen LogP contribution is 2.28. The molecule has 0 saturated carbocycles. The lowest BCUT2D eigenvalue weighted by atomic mass is 10.0. The number of amides is 1. The number of hydrogen-bond donors (Lipinski definition) is 1. The van der Waals surface area contributed by atoms with Crippen LogP contribution in [0.3, 0.4) is 0 Å². The van der Waals surface area contributed by atoms with E-state index in [1.54, 1.807) is 0 Å². The molecule has 3 heteroatoms.